The van der Waals surface area contributed by atoms with E-state index in [1.165, 1.54) is 0 Å². The van der Waals surface area contributed by atoms with Gasteiger partial charge in [0.15, 0.2) is 4.77 Å². The van der Waals surface area contributed by atoms with E-state index in [4.69, 9.17) is 17.0 Å². The van der Waals surface area contributed by atoms with Crippen LogP contribution in [-0.2, 0) is 16.1 Å². The fourth-order valence-corrected chi connectivity index (χ4v) is 2.04. The molecule has 18 heavy (non-hydrogen) atoms. The lowest BCUT2D eigenvalue weighted by atomic mass is 10.3. The van der Waals surface area contributed by atoms with Crippen LogP contribution in [0.25, 0.3) is 11.0 Å². The van der Waals surface area contributed by atoms with Crippen molar-refractivity contribution in [2.24, 2.45) is 0 Å². The first-order valence-electron chi connectivity index (χ1n) is 6.05. The van der Waals surface area contributed by atoms with E-state index in [-0.39, 0.29) is 12.5 Å². The maximum Gasteiger partial charge on any atom is 0.326 e. The smallest absolute Gasteiger partial charge is 0.326 e. The van der Waals surface area contributed by atoms with Crippen molar-refractivity contribution in [3.8, 4) is 0 Å². The molecular formula is C13H16N2O2S. The van der Waals surface area contributed by atoms with Gasteiger partial charge in [0.2, 0.25) is 0 Å². The van der Waals surface area contributed by atoms with Crippen molar-refractivity contribution in [1.82, 2.24) is 9.55 Å². The van der Waals surface area contributed by atoms with E-state index in [0.29, 0.717) is 11.4 Å². The lowest BCUT2D eigenvalue weighted by molar-refractivity contribution is -0.144. The second-order valence-corrected chi connectivity index (χ2v) is 4.49. The van der Waals surface area contributed by atoms with E-state index in [2.05, 4.69) is 11.9 Å². The summed E-state index contributed by atoms with van der Waals surface area (Å²) in [4.78, 5) is 14.7. The Hall–Kier alpha value is -1.62. The minimum Gasteiger partial charge on any atom is -0.464 e. The van der Waals surface area contributed by atoms with Crippen LogP contribution in [0.3, 0.4) is 0 Å². The molecular weight excluding hydrogens is 248 g/mol. The predicted octanol–water partition coefficient (Wildman–Crippen LogP) is 3.04. The Morgan fingerprint density at radius 3 is 3.00 bits per heavy atom. The standard InChI is InChI=1S/C13H16N2O2S/c1-2-3-8-17-12(16)9-15-11-7-5-4-6-10(11)14-13(15)18/h4-7H,2-3,8-9H2,1H3,(H,14,18). The van der Waals surface area contributed by atoms with E-state index in [9.17, 15) is 4.79 Å². The Bertz CT molecular complexity index is 600. The highest BCUT2D eigenvalue weighted by Gasteiger charge is 2.09. The molecule has 0 aliphatic carbocycles. The quantitative estimate of drug-likeness (QED) is 0.513. The van der Waals surface area contributed by atoms with Crippen LogP contribution in [0, 0.1) is 4.77 Å². The first kappa shape index (κ1) is 12.8. The normalized spacial score (nSPS) is 10.7. The van der Waals surface area contributed by atoms with Crippen molar-refractivity contribution >= 4 is 29.2 Å². The number of benzene rings is 1. The van der Waals surface area contributed by atoms with Crippen LogP contribution in [-0.4, -0.2) is 22.1 Å². The topological polar surface area (TPSA) is 47.0 Å². The van der Waals surface area contributed by atoms with Gasteiger partial charge in [-0.2, -0.15) is 0 Å². The Kier molecular flexibility index (Phi) is 4.15. The van der Waals surface area contributed by atoms with E-state index < -0.39 is 0 Å². The van der Waals surface area contributed by atoms with E-state index in [0.717, 1.165) is 23.9 Å². The van der Waals surface area contributed by atoms with Crippen molar-refractivity contribution < 1.29 is 9.53 Å². The molecule has 0 bridgehead atoms. The first-order chi connectivity index (χ1) is 8.72. The highest BCUT2D eigenvalue weighted by molar-refractivity contribution is 7.71. The zero-order valence-electron chi connectivity index (χ0n) is 10.3. The minimum atomic E-state index is -0.246. The number of carbonyl (C=O) groups is 1. The number of aromatic amines is 1. The van der Waals surface area contributed by atoms with Crippen LogP contribution < -0.4 is 0 Å². The number of hydrogen-bond acceptors (Lipinski definition) is 3. The number of rotatable bonds is 5. The molecule has 0 aliphatic rings. The number of esters is 1. The molecule has 1 N–H and O–H groups in total. The second-order valence-electron chi connectivity index (χ2n) is 4.11. The van der Waals surface area contributed by atoms with Gasteiger partial charge in [-0.1, -0.05) is 25.5 Å². The van der Waals surface area contributed by atoms with Crippen molar-refractivity contribution in [2.45, 2.75) is 26.3 Å². The number of carbonyl (C=O) groups excluding carboxylic acids is 1. The fourth-order valence-electron chi connectivity index (χ4n) is 1.77. The van der Waals surface area contributed by atoms with Gasteiger partial charge in [0.05, 0.1) is 17.6 Å². The largest absolute Gasteiger partial charge is 0.464 e. The Morgan fingerprint density at radius 2 is 2.22 bits per heavy atom. The number of imidazole rings is 1. The fraction of sp³-hybridized carbons (Fsp3) is 0.385. The molecule has 0 fully saturated rings. The summed E-state index contributed by atoms with van der Waals surface area (Å²) in [6.45, 7) is 2.70. The summed E-state index contributed by atoms with van der Waals surface area (Å²) in [7, 11) is 0. The zero-order chi connectivity index (χ0) is 13.0. The van der Waals surface area contributed by atoms with Gasteiger partial charge >= 0.3 is 5.97 Å². The zero-order valence-corrected chi connectivity index (χ0v) is 11.1. The average Bonchev–Trinajstić information content (AvgIpc) is 2.67. The summed E-state index contributed by atoms with van der Waals surface area (Å²) >= 11 is 5.21. The molecule has 0 amide bonds. The van der Waals surface area contributed by atoms with Crippen LogP contribution in [0.1, 0.15) is 19.8 Å². The third kappa shape index (κ3) is 2.79. The molecule has 1 aromatic carbocycles. The van der Waals surface area contributed by atoms with Crippen LogP contribution in [0.4, 0.5) is 0 Å². The number of nitrogens with one attached hydrogen (secondary N) is 1. The van der Waals surface area contributed by atoms with Gasteiger partial charge in [0, 0.05) is 0 Å². The lowest BCUT2D eigenvalue weighted by Crippen LogP contribution is -2.14. The van der Waals surface area contributed by atoms with Crippen molar-refractivity contribution in [1.29, 1.82) is 0 Å². The first-order valence-corrected chi connectivity index (χ1v) is 6.46. The summed E-state index contributed by atoms with van der Waals surface area (Å²) in [6, 6.07) is 7.71. The molecule has 0 atom stereocenters. The highest BCUT2D eigenvalue weighted by Crippen LogP contribution is 2.13. The number of unbranched alkanes of at least 4 members (excludes halogenated alkanes) is 1. The molecule has 0 spiro atoms. The molecule has 0 radical (unpaired) electrons. The number of aromatic nitrogens is 2. The third-order valence-corrected chi connectivity index (χ3v) is 3.05. The molecule has 0 saturated heterocycles. The van der Waals surface area contributed by atoms with Gasteiger partial charge in [-0.05, 0) is 30.8 Å². The van der Waals surface area contributed by atoms with Crippen LogP contribution in [0.5, 0.6) is 0 Å². The molecule has 2 rings (SSSR count). The van der Waals surface area contributed by atoms with Gasteiger partial charge in [0.25, 0.3) is 0 Å². The van der Waals surface area contributed by atoms with Gasteiger partial charge in [-0.3, -0.25) is 4.79 Å². The van der Waals surface area contributed by atoms with Gasteiger partial charge in [0.1, 0.15) is 6.54 Å². The summed E-state index contributed by atoms with van der Waals surface area (Å²) in [6.07, 6.45) is 1.91. The molecule has 1 aromatic heterocycles. The van der Waals surface area contributed by atoms with Crippen molar-refractivity contribution in [3.63, 3.8) is 0 Å². The van der Waals surface area contributed by atoms with Gasteiger partial charge < -0.3 is 14.3 Å². The van der Waals surface area contributed by atoms with Crippen molar-refractivity contribution in [2.75, 3.05) is 6.61 Å². The van der Waals surface area contributed by atoms with Gasteiger partial charge in [-0.15, -0.1) is 0 Å². The number of nitrogens with zero attached hydrogens (tertiary/aromatic N) is 1. The SMILES string of the molecule is CCCCOC(=O)Cn1c(=S)[nH]c2ccccc21. The number of para-hydroxylation sites is 2. The van der Waals surface area contributed by atoms with E-state index >= 15 is 0 Å². The summed E-state index contributed by atoms with van der Waals surface area (Å²) < 4.78 is 7.45. The Labute approximate surface area is 111 Å². The Balaban J connectivity index is 2.14. The lowest BCUT2D eigenvalue weighted by Gasteiger charge is -2.05. The maximum atomic E-state index is 11.7. The molecule has 0 unspecified atom stereocenters. The minimum absolute atomic E-state index is 0.159. The third-order valence-electron chi connectivity index (χ3n) is 2.73. The summed E-state index contributed by atoms with van der Waals surface area (Å²) in [5.41, 5.74) is 1.86. The average molecular weight is 264 g/mol. The Morgan fingerprint density at radius 1 is 1.44 bits per heavy atom. The maximum absolute atomic E-state index is 11.7. The van der Waals surface area contributed by atoms with E-state index in [1.54, 1.807) is 4.57 Å². The number of hydrogen-bond donors (Lipinski definition) is 1. The summed E-state index contributed by atoms with van der Waals surface area (Å²) in [5.74, 6) is -0.246. The molecule has 4 nitrogen and oxygen atoms in total. The molecule has 2 aromatic rings. The van der Waals surface area contributed by atoms with Crippen LogP contribution >= 0.6 is 12.2 Å². The number of ether oxygens (including phenoxy) is 1. The molecule has 5 heteroatoms. The molecule has 96 valence electrons. The van der Waals surface area contributed by atoms with Crippen LogP contribution in [0.15, 0.2) is 24.3 Å². The molecule has 0 aliphatic heterocycles. The van der Waals surface area contributed by atoms with Crippen molar-refractivity contribution in [3.05, 3.63) is 29.0 Å². The van der Waals surface area contributed by atoms with Crippen LogP contribution in [0.2, 0.25) is 0 Å². The number of fused-ring (bicyclic) bond motifs is 1. The predicted molar refractivity (Wildman–Crippen MR) is 73.0 cm³/mol. The monoisotopic (exact) mass is 264 g/mol. The molecule has 0 saturated carbocycles. The molecule has 1 heterocycles. The highest BCUT2D eigenvalue weighted by atomic mass is 32.1. The van der Waals surface area contributed by atoms with E-state index in [1.807, 2.05) is 24.3 Å². The number of H-pyrrole nitrogens is 1. The summed E-state index contributed by atoms with van der Waals surface area (Å²) in [5, 5.41) is 0. The van der Waals surface area contributed by atoms with Gasteiger partial charge in [-0.25, -0.2) is 0 Å². The second kappa shape index (κ2) is 5.82.